The number of rotatable bonds is 3. The number of nitrogens with one attached hydrogen (secondary N) is 1. The average Bonchev–Trinajstić information content (AvgIpc) is 2.65. The zero-order valence-electron chi connectivity index (χ0n) is 14.5. The maximum Gasteiger partial charge on any atom is 0.253 e. The highest BCUT2D eigenvalue weighted by Crippen LogP contribution is 2.24. The molecule has 1 aliphatic heterocycles. The molecule has 26 heavy (non-hydrogen) atoms. The van der Waals surface area contributed by atoms with Crippen LogP contribution in [0.5, 0.6) is 0 Å². The summed E-state index contributed by atoms with van der Waals surface area (Å²) in [5.41, 5.74) is 2.04. The third-order valence-electron chi connectivity index (χ3n) is 4.63. The van der Waals surface area contributed by atoms with Crippen molar-refractivity contribution in [1.29, 1.82) is 0 Å². The number of hydrogen-bond acceptors (Lipinski definition) is 2. The van der Waals surface area contributed by atoms with E-state index in [2.05, 4.69) is 5.32 Å². The quantitative estimate of drug-likeness (QED) is 0.871. The zero-order valence-corrected chi connectivity index (χ0v) is 15.2. The third kappa shape index (κ3) is 4.22. The van der Waals surface area contributed by atoms with Gasteiger partial charge in [0.15, 0.2) is 0 Å². The largest absolute Gasteiger partial charge is 0.338 e. The van der Waals surface area contributed by atoms with Crippen LogP contribution in [0.25, 0.3) is 0 Å². The molecule has 2 amide bonds. The number of hydrogen-bond donors (Lipinski definition) is 1. The minimum atomic E-state index is -0.380. The fourth-order valence-electron chi connectivity index (χ4n) is 3.11. The Balaban J connectivity index is 1.67. The molecule has 0 spiro atoms. The van der Waals surface area contributed by atoms with Gasteiger partial charge in [0.1, 0.15) is 5.82 Å². The number of likely N-dealkylation sites (tertiary alicyclic amines) is 1. The minimum Gasteiger partial charge on any atom is -0.338 e. The van der Waals surface area contributed by atoms with Crippen molar-refractivity contribution < 1.29 is 14.0 Å². The Hall–Kier alpha value is -2.40. The smallest absolute Gasteiger partial charge is 0.253 e. The number of aryl methyl sites for hydroxylation is 1. The maximum absolute atomic E-state index is 13.0. The first-order valence-electron chi connectivity index (χ1n) is 8.56. The third-order valence-corrected chi connectivity index (χ3v) is 4.86. The molecule has 136 valence electrons. The van der Waals surface area contributed by atoms with Crippen LogP contribution in [-0.2, 0) is 4.79 Å². The highest BCUT2D eigenvalue weighted by Gasteiger charge is 2.29. The molecule has 1 N–H and O–H groups in total. The highest BCUT2D eigenvalue weighted by atomic mass is 35.5. The van der Waals surface area contributed by atoms with E-state index >= 15 is 0 Å². The van der Waals surface area contributed by atoms with E-state index in [4.69, 9.17) is 11.6 Å². The highest BCUT2D eigenvalue weighted by molar-refractivity contribution is 6.31. The Morgan fingerprint density at radius 1 is 1.19 bits per heavy atom. The summed E-state index contributed by atoms with van der Waals surface area (Å²) in [5, 5.41) is 3.47. The molecular weight excluding hydrogens is 355 g/mol. The molecule has 4 nitrogen and oxygen atoms in total. The van der Waals surface area contributed by atoms with Crippen molar-refractivity contribution in [1.82, 2.24) is 4.90 Å². The Morgan fingerprint density at radius 2 is 1.92 bits per heavy atom. The van der Waals surface area contributed by atoms with E-state index in [1.165, 1.54) is 24.3 Å². The number of halogens is 2. The molecule has 1 atom stereocenters. The van der Waals surface area contributed by atoms with Gasteiger partial charge in [-0.25, -0.2) is 4.39 Å². The first-order valence-corrected chi connectivity index (χ1v) is 8.93. The molecule has 2 aromatic carbocycles. The van der Waals surface area contributed by atoms with Crippen LogP contribution in [0.15, 0.2) is 42.5 Å². The van der Waals surface area contributed by atoms with Gasteiger partial charge < -0.3 is 10.2 Å². The molecule has 6 heteroatoms. The van der Waals surface area contributed by atoms with E-state index < -0.39 is 0 Å². The molecule has 0 bridgehead atoms. The summed E-state index contributed by atoms with van der Waals surface area (Å²) in [5.74, 6) is -0.964. The van der Waals surface area contributed by atoms with Crippen molar-refractivity contribution >= 4 is 29.1 Å². The van der Waals surface area contributed by atoms with E-state index in [0.29, 0.717) is 29.4 Å². The SMILES string of the molecule is Cc1ccc(Cl)cc1NC(=O)[C@H]1CCCN(C(=O)c2ccc(F)cc2)C1. The van der Waals surface area contributed by atoms with Gasteiger partial charge in [0, 0.05) is 29.4 Å². The fourth-order valence-corrected chi connectivity index (χ4v) is 3.29. The summed E-state index contributed by atoms with van der Waals surface area (Å²) in [4.78, 5) is 26.9. The molecule has 0 saturated carbocycles. The molecule has 1 aliphatic rings. The Morgan fingerprint density at radius 3 is 2.65 bits per heavy atom. The predicted octanol–water partition coefficient (Wildman–Crippen LogP) is 4.28. The molecule has 0 aromatic heterocycles. The van der Waals surface area contributed by atoms with Crippen molar-refractivity contribution in [3.05, 3.63) is 64.4 Å². The number of anilines is 1. The van der Waals surface area contributed by atoms with Crippen molar-refractivity contribution in [3.63, 3.8) is 0 Å². The molecule has 0 radical (unpaired) electrons. The Kier molecular flexibility index (Phi) is 5.57. The fraction of sp³-hybridized carbons (Fsp3) is 0.300. The van der Waals surface area contributed by atoms with E-state index in [9.17, 15) is 14.0 Å². The van der Waals surface area contributed by atoms with Gasteiger partial charge in [0.05, 0.1) is 5.92 Å². The van der Waals surface area contributed by atoms with Gasteiger partial charge in [-0.2, -0.15) is 0 Å². The second-order valence-corrected chi connectivity index (χ2v) is 6.98. The monoisotopic (exact) mass is 374 g/mol. The van der Waals surface area contributed by atoms with E-state index in [-0.39, 0.29) is 23.5 Å². The van der Waals surface area contributed by atoms with Crippen molar-refractivity contribution in [2.24, 2.45) is 5.92 Å². The normalized spacial score (nSPS) is 17.0. The van der Waals surface area contributed by atoms with Crippen LogP contribution in [-0.4, -0.2) is 29.8 Å². The summed E-state index contributed by atoms with van der Waals surface area (Å²) in [6.45, 7) is 2.84. The second kappa shape index (κ2) is 7.87. The van der Waals surface area contributed by atoms with Gasteiger partial charge in [0.2, 0.25) is 5.91 Å². The minimum absolute atomic E-state index is 0.119. The molecular formula is C20H20ClFN2O2. The average molecular weight is 375 g/mol. The van der Waals surface area contributed by atoms with Crippen LogP contribution >= 0.6 is 11.6 Å². The second-order valence-electron chi connectivity index (χ2n) is 6.55. The first-order chi connectivity index (χ1) is 12.4. The van der Waals surface area contributed by atoms with E-state index in [0.717, 1.165) is 18.4 Å². The maximum atomic E-state index is 13.0. The number of amides is 2. The van der Waals surface area contributed by atoms with Crippen molar-refractivity contribution in [2.75, 3.05) is 18.4 Å². The first kappa shape index (κ1) is 18.4. The summed E-state index contributed by atoms with van der Waals surface area (Å²) in [7, 11) is 0. The predicted molar refractivity (Wildman–Crippen MR) is 99.8 cm³/mol. The molecule has 1 fully saturated rings. The van der Waals surface area contributed by atoms with Gasteiger partial charge in [0.25, 0.3) is 5.91 Å². The van der Waals surface area contributed by atoms with E-state index in [1.54, 1.807) is 17.0 Å². The molecule has 1 saturated heterocycles. The lowest BCUT2D eigenvalue weighted by Crippen LogP contribution is -2.43. The summed E-state index contributed by atoms with van der Waals surface area (Å²) in [6.07, 6.45) is 1.47. The lowest BCUT2D eigenvalue weighted by Gasteiger charge is -2.32. The van der Waals surface area contributed by atoms with Gasteiger partial charge in [-0.3, -0.25) is 9.59 Å². The standard InChI is InChI=1S/C20H20ClFN2O2/c1-13-4-7-16(21)11-18(13)23-19(25)15-3-2-10-24(12-15)20(26)14-5-8-17(22)9-6-14/h4-9,11,15H,2-3,10,12H2,1H3,(H,23,25)/t15-/m0/s1. The summed E-state index contributed by atoms with van der Waals surface area (Å²) < 4.78 is 13.0. The molecule has 0 aliphatic carbocycles. The van der Waals surface area contributed by atoms with E-state index in [1.807, 2.05) is 13.0 Å². The van der Waals surface area contributed by atoms with Crippen LogP contribution in [0.2, 0.25) is 5.02 Å². The number of piperidine rings is 1. The molecule has 1 heterocycles. The van der Waals surface area contributed by atoms with Crippen LogP contribution in [0.3, 0.4) is 0 Å². The van der Waals surface area contributed by atoms with Gasteiger partial charge in [-0.05, 0) is 61.7 Å². The summed E-state index contributed by atoms with van der Waals surface area (Å²) in [6, 6.07) is 10.8. The number of benzene rings is 2. The lowest BCUT2D eigenvalue weighted by molar-refractivity contribution is -0.121. The van der Waals surface area contributed by atoms with Gasteiger partial charge in [-0.1, -0.05) is 17.7 Å². The number of carbonyl (C=O) groups is 2. The van der Waals surface area contributed by atoms with Crippen molar-refractivity contribution in [3.8, 4) is 0 Å². The number of nitrogens with zero attached hydrogens (tertiary/aromatic N) is 1. The molecule has 3 rings (SSSR count). The lowest BCUT2D eigenvalue weighted by atomic mass is 9.96. The molecule has 0 unspecified atom stereocenters. The van der Waals surface area contributed by atoms with Crippen LogP contribution in [0, 0.1) is 18.7 Å². The van der Waals surface area contributed by atoms with Crippen LogP contribution in [0.1, 0.15) is 28.8 Å². The molecule has 2 aromatic rings. The van der Waals surface area contributed by atoms with Gasteiger partial charge >= 0.3 is 0 Å². The Bertz CT molecular complexity index is 823. The van der Waals surface area contributed by atoms with Crippen LogP contribution in [0.4, 0.5) is 10.1 Å². The van der Waals surface area contributed by atoms with Crippen molar-refractivity contribution in [2.45, 2.75) is 19.8 Å². The Labute approximate surface area is 157 Å². The number of carbonyl (C=O) groups excluding carboxylic acids is 2. The topological polar surface area (TPSA) is 49.4 Å². The zero-order chi connectivity index (χ0) is 18.7. The summed E-state index contributed by atoms with van der Waals surface area (Å²) >= 11 is 6.00. The van der Waals surface area contributed by atoms with Gasteiger partial charge in [-0.15, -0.1) is 0 Å². The van der Waals surface area contributed by atoms with Crippen LogP contribution < -0.4 is 5.32 Å².